The highest BCUT2D eigenvalue weighted by atomic mass is 16.5. The molecule has 3 aliphatic rings. The van der Waals surface area contributed by atoms with Gasteiger partial charge < -0.3 is 15.8 Å². The molecule has 1 aliphatic heterocycles. The van der Waals surface area contributed by atoms with Gasteiger partial charge in [0.2, 0.25) is 5.91 Å². The molecule has 3 N–H and O–H groups in total. The van der Waals surface area contributed by atoms with E-state index in [2.05, 4.69) is 5.32 Å². The number of ether oxygens (including phenoxy) is 1. The minimum Gasteiger partial charge on any atom is -0.381 e. The van der Waals surface area contributed by atoms with E-state index in [9.17, 15) is 4.79 Å². The summed E-state index contributed by atoms with van der Waals surface area (Å²) in [7, 11) is 0. The molecule has 2 saturated carbocycles. The molecular formula is C16H28N2O2. The van der Waals surface area contributed by atoms with E-state index < -0.39 is 0 Å². The number of carbonyl (C=O) groups is 1. The Kier molecular flexibility index (Phi) is 4.61. The number of hydrogen-bond donors (Lipinski definition) is 2. The highest BCUT2D eigenvalue weighted by Crippen LogP contribution is 2.39. The molecule has 4 heteroatoms. The maximum Gasteiger partial charge on any atom is 0.220 e. The zero-order valence-corrected chi connectivity index (χ0v) is 12.4. The first-order valence-electron chi connectivity index (χ1n) is 8.35. The van der Waals surface area contributed by atoms with E-state index >= 15 is 0 Å². The van der Waals surface area contributed by atoms with Crippen molar-refractivity contribution in [2.24, 2.45) is 23.5 Å². The quantitative estimate of drug-likeness (QED) is 0.825. The molecule has 0 aromatic heterocycles. The van der Waals surface area contributed by atoms with E-state index in [1.807, 2.05) is 0 Å². The van der Waals surface area contributed by atoms with Crippen LogP contribution in [0, 0.1) is 17.8 Å². The second-order valence-electron chi connectivity index (χ2n) is 7.04. The minimum absolute atomic E-state index is 0.245. The van der Waals surface area contributed by atoms with Gasteiger partial charge in [-0.25, -0.2) is 0 Å². The van der Waals surface area contributed by atoms with Crippen LogP contribution in [-0.4, -0.2) is 31.2 Å². The lowest BCUT2D eigenvalue weighted by atomic mass is 9.67. The van der Waals surface area contributed by atoms with E-state index in [0.29, 0.717) is 36.3 Å². The first kappa shape index (κ1) is 14.3. The Hall–Kier alpha value is -0.610. The normalized spacial score (nSPS) is 40.5. The predicted octanol–water partition coefficient (Wildman–Crippen LogP) is 1.83. The molecule has 0 spiro atoms. The van der Waals surface area contributed by atoms with Crippen LogP contribution in [0.3, 0.4) is 0 Å². The first-order valence-corrected chi connectivity index (χ1v) is 8.35. The van der Waals surface area contributed by atoms with Crippen molar-refractivity contribution in [2.45, 2.75) is 63.5 Å². The van der Waals surface area contributed by atoms with Crippen LogP contribution >= 0.6 is 0 Å². The van der Waals surface area contributed by atoms with Gasteiger partial charge in [0.1, 0.15) is 0 Å². The van der Waals surface area contributed by atoms with Crippen LogP contribution in [0.15, 0.2) is 0 Å². The van der Waals surface area contributed by atoms with Crippen molar-refractivity contribution in [3.05, 3.63) is 0 Å². The van der Waals surface area contributed by atoms with Gasteiger partial charge in [-0.05, 0) is 56.3 Å². The van der Waals surface area contributed by atoms with Crippen molar-refractivity contribution in [2.75, 3.05) is 13.2 Å². The molecule has 0 aromatic carbocycles. The largest absolute Gasteiger partial charge is 0.381 e. The number of rotatable bonds is 4. The zero-order valence-electron chi connectivity index (χ0n) is 12.4. The molecule has 1 amide bonds. The molecule has 1 heterocycles. The maximum absolute atomic E-state index is 12.2. The lowest BCUT2D eigenvalue weighted by molar-refractivity contribution is -0.123. The molecule has 2 bridgehead atoms. The van der Waals surface area contributed by atoms with Gasteiger partial charge in [0.25, 0.3) is 0 Å². The molecular weight excluding hydrogens is 252 g/mol. The van der Waals surface area contributed by atoms with Crippen LogP contribution in [-0.2, 0) is 9.53 Å². The van der Waals surface area contributed by atoms with Crippen molar-refractivity contribution >= 4 is 5.91 Å². The highest BCUT2D eigenvalue weighted by molar-refractivity contribution is 5.76. The third-order valence-corrected chi connectivity index (χ3v) is 5.51. The fraction of sp³-hybridized carbons (Fsp3) is 0.938. The Morgan fingerprint density at radius 3 is 2.60 bits per heavy atom. The molecule has 2 aliphatic carbocycles. The highest BCUT2D eigenvalue weighted by Gasteiger charge is 2.39. The van der Waals surface area contributed by atoms with Crippen molar-refractivity contribution in [1.82, 2.24) is 5.32 Å². The van der Waals surface area contributed by atoms with Crippen molar-refractivity contribution in [3.8, 4) is 0 Å². The second-order valence-corrected chi connectivity index (χ2v) is 7.04. The number of fused-ring (bicyclic) bond motifs is 2. The number of nitrogens with two attached hydrogens (primary N) is 1. The van der Waals surface area contributed by atoms with Crippen LogP contribution in [0.5, 0.6) is 0 Å². The van der Waals surface area contributed by atoms with Gasteiger partial charge in [-0.15, -0.1) is 0 Å². The summed E-state index contributed by atoms with van der Waals surface area (Å²) in [5, 5.41) is 3.33. The van der Waals surface area contributed by atoms with E-state index in [1.165, 1.54) is 19.3 Å². The molecule has 20 heavy (non-hydrogen) atoms. The average Bonchev–Trinajstić information content (AvgIpc) is 2.91. The van der Waals surface area contributed by atoms with Crippen molar-refractivity contribution in [3.63, 3.8) is 0 Å². The van der Waals surface area contributed by atoms with E-state index in [1.54, 1.807) is 0 Å². The number of amides is 1. The Morgan fingerprint density at radius 2 is 1.95 bits per heavy atom. The Balaban J connectivity index is 1.47. The van der Waals surface area contributed by atoms with Crippen LogP contribution in [0.25, 0.3) is 0 Å². The Morgan fingerprint density at radius 1 is 1.20 bits per heavy atom. The van der Waals surface area contributed by atoms with Gasteiger partial charge in [-0.1, -0.05) is 6.42 Å². The molecule has 4 nitrogen and oxygen atoms in total. The molecule has 114 valence electrons. The summed E-state index contributed by atoms with van der Waals surface area (Å²) in [6.45, 7) is 1.72. The monoisotopic (exact) mass is 280 g/mol. The summed E-state index contributed by atoms with van der Waals surface area (Å²) in [5.74, 6) is 2.09. The maximum atomic E-state index is 12.2. The summed E-state index contributed by atoms with van der Waals surface area (Å²) < 4.78 is 5.37. The number of hydrogen-bond acceptors (Lipinski definition) is 3. The van der Waals surface area contributed by atoms with Crippen LogP contribution in [0.2, 0.25) is 0 Å². The van der Waals surface area contributed by atoms with Gasteiger partial charge >= 0.3 is 0 Å². The number of nitrogens with one attached hydrogen (secondary N) is 1. The fourth-order valence-electron chi connectivity index (χ4n) is 4.43. The van der Waals surface area contributed by atoms with E-state index in [-0.39, 0.29) is 5.91 Å². The Bertz CT molecular complexity index is 327. The van der Waals surface area contributed by atoms with E-state index in [4.69, 9.17) is 10.5 Å². The SMILES string of the molecule is NC1CC2CCCC(C1)C2NC(=O)CCC1CCOC1. The molecule has 1 saturated heterocycles. The van der Waals surface area contributed by atoms with Gasteiger partial charge in [0, 0.05) is 31.7 Å². The molecule has 3 rings (SSSR count). The summed E-state index contributed by atoms with van der Waals surface area (Å²) in [5.41, 5.74) is 6.13. The molecule has 3 unspecified atom stereocenters. The van der Waals surface area contributed by atoms with Crippen molar-refractivity contribution in [1.29, 1.82) is 0 Å². The summed E-state index contributed by atoms with van der Waals surface area (Å²) in [6.07, 6.45) is 8.75. The molecule has 0 aromatic rings. The summed E-state index contributed by atoms with van der Waals surface area (Å²) >= 11 is 0. The standard InChI is InChI=1S/C16H28N2O2/c17-14-8-12-2-1-3-13(9-14)16(12)18-15(19)5-4-11-6-7-20-10-11/h11-14,16H,1-10,17H2,(H,18,19). The molecule has 3 fully saturated rings. The van der Waals surface area contributed by atoms with Crippen molar-refractivity contribution < 1.29 is 9.53 Å². The lowest BCUT2D eigenvalue weighted by Crippen LogP contribution is -2.53. The number of carbonyl (C=O) groups excluding carboxylic acids is 1. The topological polar surface area (TPSA) is 64.3 Å². The zero-order chi connectivity index (χ0) is 13.9. The van der Waals surface area contributed by atoms with Gasteiger partial charge in [-0.3, -0.25) is 4.79 Å². The first-order chi connectivity index (χ1) is 9.72. The summed E-state index contributed by atoms with van der Waals surface area (Å²) in [6, 6.07) is 0.755. The Labute approximate surface area is 121 Å². The molecule has 0 radical (unpaired) electrons. The van der Waals surface area contributed by atoms with Crippen LogP contribution in [0.1, 0.15) is 51.4 Å². The van der Waals surface area contributed by atoms with Crippen LogP contribution < -0.4 is 11.1 Å². The lowest BCUT2D eigenvalue weighted by Gasteiger charge is -2.45. The fourth-order valence-corrected chi connectivity index (χ4v) is 4.43. The van der Waals surface area contributed by atoms with Crippen LogP contribution in [0.4, 0.5) is 0 Å². The minimum atomic E-state index is 0.245. The molecule has 3 atom stereocenters. The predicted molar refractivity (Wildman–Crippen MR) is 78.1 cm³/mol. The van der Waals surface area contributed by atoms with Gasteiger partial charge in [0.05, 0.1) is 0 Å². The third kappa shape index (κ3) is 3.34. The van der Waals surface area contributed by atoms with E-state index in [0.717, 1.165) is 38.9 Å². The second kappa shape index (κ2) is 6.44. The summed E-state index contributed by atoms with van der Waals surface area (Å²) in [4.78, 5) is 12.2. The van der Waals surface area contributed by atoms with Gasteiger partial charge in [0.15, 0.2) is 0 Å². The van der Waals surface area contributed by atoms with Gasteiger partial charge in [-0.2, -0.15) is 0 Å². The smallest absolute Gasteiger partial charge is 0.220 e. The third-order valence-electron chi connectivity index (χ3n) is 5.51. The average molecular weight is 280 g/mol.